The number of hydrogen-bond acceptors (Lipinski definition) is 3. The number of benzene rings is 3. The number of methoxy groups -OCH3 is 1. The summed E-state index contributed by atoms with van der Waals surface area (Å²) in [6, 6.07) is 20.6. The first-order valence-electron chi connectivity index (χ1n) is 11.7. The molecule has 1 heterocycles. The molecule has 0 N–H and O–H groups in total. The predicted molar refractivity (Wildman–Crippen MR) is 138 cm³/mol. The number of amides is 1. The Kier molecular flexibility index (Phi) is 6.92. The van der Waals surface area contributed by atoms with Crippen LogP contribution in [-0.4, -0.2) is 35.8 Å². The topological polar surface area (TPSA) is 43.7 Å². The summed E-state index contributed by atoms with van der Waals surface area (Å²) in [4.78, 5) is 14.5. The van der Waals surface area contributed by atoms with Gasteiger partial charge in [-0.2, -0.15) is 0 Å². The number of hydrogen-bond donors (Lipinski definition) is 0. The van der Waals surface area contributed by atoms with Crippen molar-refractivity contribution in [3.8, 4) is 22.6 Å². The summed E-state index contributed by atoms with van der Waals surface area (Å²) in [7, 11) is 1.67. The summed E-state index contributed by atoms with van der Waals surface area (Å²) < 4.78 is 13.5. The van der Waals surface area contributed by atoms with Crippen LogP contribution in [0.2, 0.25) is 0 Å². The van der Waals surface area contributed by atoms with Gasteiger partial charge < -0.3 is 18.9 Å². The second-order valence-corrected chi connectivity index (χ2v) is 8.58. The van der Waals surface area contributed by atoms with E-state index in [1.54, 1.807) is 12.0 Å². The Balaban J connectivity index is 1.81. The molecule has 3 aromatic carbocycles. The zero-order chi connectivity index (χ0) is 24.2. The molecule has 34 heavy (non-hydrogen) atoms. The highest BCUT2D eigenvalue weighted by Crippen LogP contribution is 2.39. The summed E-state index contributed by atoms with van der Waals surface area (Å²) in [6.45, 7) is 10.0. The molecule has 4 rings (SSSR count). The number of carbonyl (C=O) groups excluding carboxylic acids is 1. The monoisotopic (exact) mass is 456 g/mol. The molecule has 0 spiro atoms. The lowest BCUT2D eigenvalue weighted by Gasteiger charge is -2.20. The van der Waals surface area contributed by atoms with E-state index in [9.17, 15) is 4.79 Å². The molecular formula is C29H32N2O3. The third kappa shape index (κ3) is 4.79. The van der Waals surface area contributed by atoms with E-state index in [1.807, 2.05) is 38.1 Å². The Hall–Kier alpha value is -3.73. The van der Waals surface area contributed by atoms with E-state index in [0.29, 0.717) is 18.8 Å². The van der Waals surface area contributed by atoms with Gasteiger partial charge in [0, 0.05) is 42.3 Å². The smallest absolute Gasteiger partial charge is 0.415 e. The number of carbonyl (C=O) groups is 1. The molecule has 176 valence electrons. The standard InChI is InChI=1S/C29H32N2O3/c1-6-30(7-2)29(32)34-27-13-12-26-25(28(27)23-17-20(3)16-21(4)18-23)14-15-31(26)19-22-8-10-24(33-5)11-9-22/h8-18H,6-7,19H2,1-5H3. The zero-order valence-electron chi connectivity index (χ0n) is 20.6. The summed E-state index contributed by atoms with van der Waals surface area (Å²) in [5.74, 6) is 1.43. The van der Waals surface area contributed by atoms with Gasteiger partial charge in [0.05, 0.1) is 7.11 Å². The van der Waals surface area contributed by atoms with Crippen molar-refractivity contribution in [2.75, 3.05) is 20.2 Å². The molecular weight excluding hydrogens is 424 g/mol. The molecule has 5 heteroatoms. The van der Waals surface area contributed by atoms with Crippen LogP contribution >= 0.6 is 0 Å². The van der Waals surface area contributed by atoms with Crippen LogP contribution in [0.3, 0.4) is 0 Å². The quantitative estimate of drug-likeness (QED) is 0.306. The molecule has 5 nitrogen and oxygen atoms in total. The molecule has 4 aromatic rings. The molecule has 1 aromatic heterocycles. The van der Waals surface area contributed by atoms with Gasteiger partial charge >= 0.3 is 6.09 Å². The first-order chi connectivity index (χ1) is 16.4. The van der Waals surface area contributed by atoms with Crippen molar-refractivity contribution < 1.29 is 14.3 Å². The van der Waals surface area contributed by atoms with Gasteiger partial charge in [0.1, 0.15) is 11.5 Å². The van der Waals surface area contributed by atoms with Crippen molar-refractivity contribution in [2.24, 2.45) is 0 Å². The van der Waals surface area contributed by atoms with Crippen molar-refractivity contribution in [3.63, 3.8) is 0 Å². The first kappa shape index (κ1) is 23.4. The Morgan fingerprint density at radius 1 is 0.912 bits per heavy atom. The number of aryl methyl sites for hydroxylation is 2. The SMILES string of the molecule is CCN(CC)C(=O)Oc1ccc2c(ccn2Cc2ccc(OC)cc2)c1-c1cc(C)cc(C)c1. The average Bonchev–Trinajstić information content (AvgIpc) is 3.22. The number of nitrogens with zero attached hydrogens (tertiary/aromatic N) is 2. The van der Waals surface area contributed by atoms with Crippen molar-refractivity contribution in [1.82, 2.24) is 9.47 Å². The van der Waals surface area contributed by atoms with E-state index in [0.717, 1.165) is 34.3 Å². The molecule has 0 saturated heterocycles. The second kappa shape index (κ2) is 10.0. The molecule has 0 bridgehead atoms. The van der Waals surface area contributed by atoms with E-state index in [1.165, 1.54) is 16.7 Å². The largest absolute Gasteiger partial charge is 0.497 e. The molecule has 0 unspecified atom stereocenters. The van der Waals surface area contributed by atoms with Gasteiger partial charge in [-0.05, 0) is 69.2 Å². The minimum Gasteiger partial charge on any atom is -0.497 e. The van der Waals surface area contributed by atoms with Gasteiger partial charge in [0.25, 0.3) is 0 Å². The molecule has 0 aliphatic carbocycles. The van der Waals surface area contributed by atoms with Crippen LogP contribution in [0.25, 0.3) is 22.0 Å². The maximum atomic E-state index is 12.8. The van der Waals surface area contributed by atoms with Crippen LogP contribution in [0.1, 0.15) is 30.5 Å². The summed E-state index contributed by atoms with van der Waals surface area (Å²) >= 11 is 0. The zero-order valence-corrected chi connectivity index (χ0v) is 20.6. The highest BCUT2D eigenvalue weighted by atomic mass is 16.6. The Morgan fingerprint density at radius 2 is 1.59 bits per heavy atom. The normalized spacial score (nSPS) is 11.0. The lowest BCUT2D eigenvalue weighted by molar-refractivity contribution is 0.157. The molecule has 0 aliphatic heterocycles. The molecule has 0 saturated carbocycles. The van der Waals surface area contributed by atoms with E-state index in [2.05, 4.69) is 61.0 Å². The van der Waals surface area contributed by atoms with Crippen molar-refractivity contribution >= 4 is 17.0 Å². The van der Waals surface area contributed by atoms with E-state index in [4.69, 9.17) is 9.47 Å². The second-order valence-electron chi connectivity index (χ2n) is 8.58. The van der Waals surface area contributed by atoms with E-state index >= 15 is 0 Å². The Bertz CT molecular complexity index is 1280. The number of ether oxygens (including phenoxy) is 2. The maximum Gasteiger partial charge on any atom is 0.415 e. The molecule has 0 aliphatic rings. The van der Waals surface area contributed by atoms with Crippen molar-refractivity contribution in [2.45, 2.75) is 34.2 Å². The third-order valence-corrected chi connectivity index (χ3v) is 6.16. The van der Waals surface area contributed by atoms with Gasteiger partial charge in [0.2, 0.25) is 0 Å². The van der Waals surface area contributed by atoms with Gasteiger partial charge in [-0.3, -0.25) is 0 Å². The fraction of sp³-hybridized carbons (Fsp3) is 0.276. The van der Waals surface area contributed by atoms with E-state index < -0.39 is 0 Å². The molecule has 0 atom stereocenters. The molecule has 0 radical (unpaired) electrons. The van der Waals surface area contributed by atoms with Crippen LogP contribution in [0, 0.1) is 13.8 Å². The number of rotatable bonds is 7. The van der Waals surface area contributed by atoms with E-state index in [-0.39, 0.29) is 6.09 Å². The number of fused-ring (bicyclic) bond motifs is 1. The first-order valence-corrected chi connectivity index (χ1v) is 11.7. The lowest BCUT2D eigenvalue weighted by atomic mass is 9.97. The Labute approximate surface area is 201 Å². The van der Waals surface area contributed by atoms with Gasteiger partial charge in [-0.15, -0.1) is 0 Å². The van der Waals surface area contributed by atoms with Crippen LogP contribution in [0.4, 0.5) is 4.79 Å². The van der Waals surface area contributed by atoms with Crippen molar-refractivity contribution in [1.29, 1.82) is 0 Å². The van der Waals surface area contributed by atoms with Crippen LogP contribution in [0.15, 0.2) is 66.9 Å². The van der Waals surface area contributed by atoms with Gasteiger partial charge in [-0.25, -0.2) is 4.79 Å². The van der Waals surface area contributed by atoms with Gasteiger partial charge in [0.15, 0.2) is 0 Å². The average molecular weight is 457 g/mol. The Morgan fingerprint density at radius 3 is 2.21 bits per heavy atom. The summed E-state index contributed by atoms with van der Waals surface area (Å²) in [6.07, 6.45) is 1.77. The lowest BCUT2D eigenvalue weighted by Crippen LogP contribution is -2.33. The molecule has 0 fully saturated rings. The maximum absolute atomic E-state index is 12.8. The van der Waals surface area contributed by atoms with Crippen molar-refractivity contribution in [3.05, 3.63) is 83.6 Å². The molecule has 1 amide bonds. The fourth-order valence-electron chi connectivity index (χ4n) is 4.46. The summed E-state index contributed by atoms with van der Waals surface area (Å²) in [5.41, 5.74) is 6.61. The minimum atomic E-state index is -0.326. The predicted octanol–water partition coefficient (Wildman–Crippen LogP) is 6.82. The number of aromatic nitrogens is 1. The highest BCUT2D eigenvalue weighted by molar-refractivity contribution is 6.00. The van der Waals surface area contributed by atoms with Gasteiger partial charge in [-0.1, -0.05) is 41.5 Å². The third-order valence-electron chi connectivity index (χ3n) is 6.16. The van der Waals surface area contributed by atoms with Crippen LogP contribution < -0.4 is 9.47 Å². The highest BCUT2D eigenvalue weighted by Gasteiger charge is 2.19. The minimum absolute atomic E-state index is 0.326. The van der Waals surface area contributed by atoms with Crippen LogP contribution in [0.5, 0.6) is 11.5 Å². The summed E-state index contributed by atoms with van der Waals surface area (Å²) in [5, 5.41) is 1.06. The fourth-order valence-corrected chi connectivity index (χ4v) is 4.46. The van der Waals surface area contributed by atoms with Crippen LogP contribution in [-0.2, 0) is 6.54 Å².